The maximum Gasteiger partial charge on any atom is 0.179 e. The van der Waals surface area contributed by atoms with Crippen molar-refractivity contribution in [2.24, 2.45) is 0 Å². The van der Waals surface area contributed by atoms with E-state index in [1.807, 2.05) is 0 Å². The van der Waals surface area contributed by atoms with Gasteiger partial charge in [-0.15, -0.1) is 5.10 Å². The van der Waals surface area contributed by atoms with Crippen LogP contribution in [0.3, 0.4) is 0 Å². The first-order valence-corrected chi connectivity index (χ1v) is 4.79. The SMILES string of the molecule is CC(=O)c1cnnn1C1CCCC1O. The van der Waals surface area contributed by atoms with Crippen LogP contribution in [0, 0.1) is 0 Å². The van der Waals surface area contributed by atoms with E-state index in [2.05, 4.69) is 10.3 Å². The van der Waals surface area contributed by atoms with Crippen LogP contribution in [0.2, 0.25) is 0 Å². The molecule has 0 aromatic carbocycles. The summed E-state index contributed by atoms with van der Waals surface area (Å²) < 4.78 is 1.56. The number of hydrogen-bond acceptors (Lipinski definition) is 4. The number of ketones is 1. The predicted molar refractivity (Wildman–Crippen MR) is 48.9 cm³/mol. The van der Waals surface area contributed by atoms with Gasteiger partial charge in [-0.3, -0.25) is 4.79 Å². The number of rotatable bonds is 2. The highest BCUT2D eigenvalue weighted by atomic mass is 16.3. The molecule has 1 saturated carbocycles. The van der Waals surface area contributed by atoms with Gasteiger partial charge in [-0.25, -0.2) is 4.68 Å². The van der Waals surface area contributed by atoms with Crippen molar-refractivity contribution in [3.05, 3.63) is 11.9 Å². The summed E-state index contributed by atoms with van der Waals surface area (Å²) in [5.41, 5.74) is 0.482. The summed E-state index contributed by atoms with van der Waals surface area (Å²) in [6.45, 7) is 1.48. The summed E-state index contributed by atoms with van der Waals surface area (Å²) in [6, 6.07) is -0.0728. The summed E-state index contributed by atoms with van der Waals surface area (Å²) in [4.78, 5) is 11.2. The van der Waals surface area contributed by atoms with Crippen LogP contribution in [0.5, 0.6) is 0 Å². The summed E-state index contributed by atoms with van der Waals surface area (Å²) in [6.07, 6.45) is 3.68. The molecule has 1 aromatic rings. The molecule has 1 aromatic heterocycles. The molecule has 0 aliphatic heterocycles. The third kappa shape index (κ3) is 1.43. The lowest BCUT2D eigenvalue weighted by molar-refractivity contribution is 0.0979. The van der Waals surface area contributed by atoms with E-state index >= 15 is 0 Å². The highest BCUT2D eigenvalue weighted by molar-refractivity contribution is 5.92. The van der Waals surface area contributed by atoms with E-state index < -0.39 is 6.10 Å². The number of aliphatic hydroxyl groups excluding tert-OH is 1. The van der Waals surface area contributed by atoms with E-state index in [4.69, 9.17) is 0 Å². The molecule has 0 amide bonds. The van der Waals surface area contributed by atoms with Gasteiger partial charge >= 0.3 is 0 Å². The van der Waals surface area contributed by atoms with Gasteiger partial charge in [0.25, 0.3) is 0 Å². The molecule has 1 aliphatic carbocycles. The minimum Gasteiger partial charge on any atom is -0.391 e. The van der Waals surface area contributed by atoms with E-state index in [1.54, 1.807) is 4.68 Å². The molecule has 0 saturated heterocycles. The predicted octanol–water partition coefficient (Wildman–Crippen LogP) is 0.567. The number of aromatic nitrogens is 3. The number of hydrogen-bond donors (Lipinski definition) is 1. The lowest BCUT2D eigenvalue weighted by atomic mass is 10.2. The fourth-order valence-corrected chi connectivity index (χ4v) is 1.95. The smallest absolute Gasteiger partial charge is 0.179 e. The molecule has 1 fully saturated rings. The molecule has 76 valence electrons. The molecule has 0 radical (unpaired) electrons. The minimum absolute atomic E-state index is 0.0610. The van der Waals surface area contributed by atoms with Crippen LogP contribution < -0.4 is 0 Å². The molecule has 2 rings (SSSR count). The first kappa shape index (κ1) is 9.33. The zero-order valence-corrected chi connectivity index (χ0v) is 8.05. The van der Waals surface area contributed by atoms with Gasteiger partial charge in [-0.1, -0.05) is 5.21 Å². The Morgan fingerprint density at radius 1 is 1.64 bits per heavy atom. The van der Waals surface area contributed by atoms with E-state index in [0.717, 1.165) is 19.3 Å². The average Bonchev–Trinajstić information content (AvgIpc) is 2.70. The van der Waals surface area contributed by atoms with Crippen LogP contribution in [-0.2, 0) is 0 Å². The topological polar surface area (TPSA) is 68.0 Å². The summed E-state index contributed by atoms with van der Waals surface area (Å²) in [5, 5.41) is 17.2. The van der Waals surface area contributed by atoms with Crippen molar-refractivity contribution in [3.63, 3.8) is 0 Å². The molecular weight excluding hydrogens is 182 g/mol. The quantitative estimate of drug-likeness (QED) is 0.700. The van der Waals surface area contributed by atoms with Crippen molar-refractivity contribution >= 4 is 5.78 Å². The van der Waals surface area contributed by atoms with E-state index in [0.29, 0.717) is 5.69 Å². The molecule has 14 heavy (non-hydrogen) atoms. The molecule has 2 atom stereocenters. The fraction of sp³-hybridized carbons (Fsp3) is 0.667. The molecule has 1 aliphatic rings. The van der Waals surface area contributed by atoms with Crippen LogP contribution in [-0.4, -0.2) is 32.0 Å². The van der Waals surface area contributed by atoms with Gasteiger partial charge in [0.2, 0.25) is 0 Å². The van der Waals surface area contributed by atoms with Crippen molar-refractivity contribution in [3.8, 4) is 0 Å². The van der Waals surface area contributed by atoms with Crippen molar-refractivity contribution < 1.29 is 9.90 Å². The fourth-order valence-electron chi connectivity index (χ4n) is 1.95. The Kier molecular flexibility index (Phi) is 2.33. The molecule has 1 heterocycles. The summed E-state index contributed by atoms with van der Waals surface area (Å²) >= 11 is 0. The van der Waals surface area contributed by atoms with Crippen molar-refractivity contribution in [1.82, 2.24) is 15.0 Å². The summed E-state index contributed by atoms with van der Waals surface area (Å²) in [5.74, 6) is -0.0610. The number of aliphatic hydroxyl groups is 1. The molecule has 1 N–H and O–H groups in total. The zero-order valence-electron chi connectivity index (χ0n) is 8.05. The van der Waals surface area contributed by atoms with Gasteiger partial charge in [0.15, 0.2) is 5.78 Å². The maximum atomic E-state index is 11.2. The Labute approximate surface area is 81.7 Å². The van der Waals surface area contributed by atoms with Crippen molar-refractivity contribution in [2.45, 2.75) is 38.3 Å². The Balaban J connectivity index is 2.31. The van der Waals surface area contributed by atoms with Gasteiger partial charge in [-0.2, -0.15) is 0 Å². The van der Waals surface area contributed by atoms with Gasteiger partial charge in [0.05, 0.1) is 18.3 Å². The minimum atomic E-state index is -0.394. The Morgan fingerprint density at radius 3 is 3.00 bits per heavy atom. The zero-order chi connectivity index (χ0) is 10.1. The highest BCUT2D eigenvalue weighted by Crippen LogP contribution is 2.30. The first-order chi connectivity index (χ1) is 6.70. The monoisotopic (exact) mass is 195 g/mol. The molecular formula is C9H13N3O2. The van der Waals surface area contributed by atoms with E-state index in [1.165, 1.54) is 13.1 Å². The summed E-state index contributed by atoms with van der Waals surface area (Å²) in [7, 11) is 0. The maximum absolute atomic E-state index is 11.2. The number of carbonyl (C=O) groups excluding carboxylic acids is 1. The number of Topliss-reactive ketones (excluding diaryl/α,β-unsaturated/α-hetero) is 1. The molecule has 0 spiro atoms. The van der Waals surface area contributed by atoms with E-state index in [9.17, 15) is 9.90 Å². The van der Waals surface area contributed by atoms with Gasteiger partial charge in [0, 0.05) is 6.92 Å². The second-order valence-electron chi connectivity index (χ2n) is 3.69. The van der Waals surface area contributed by atoms with Gasteiger partial charge < -0.3 is 5.11 Å². The third-order valence-corrected chi connectivity index (χ3v) is 2.69. The molecule has 5 nitrogen and oxygen atoms in total. The van der Waals surface area contributed by atoms with Crippen molar-refractivity contribution in [1.29, 1.82) is 0 Å². The highest BCUT2D eigenvalue weighted by Gasteiger charge is 2.29. The standard InChI is InChI=1S/C9H13N3O2/c1-6(13)8-5-10-11-12(8)7-3-2-4-9(7)14/h5,7,9,14H,2-4H2,1H3. The second-order valence-corrected chi connectivity index (χ2v) is 3.69. The van der Waals surface area contributed by atoms with Crippen LogP contribution >= 0.6 is 0 Å². The van der Waals surface area contributed by atoms with Crippen LogP contribution in [0.1, 0.15) is 42.7 Å². The Morgan fingerprint density at radius 2 is 2.43 bits per heavy atom. The third-order valence-electron chi connectivity index (χ3n) is 2.69. The van der Waals surface area contributed by atoms with Crippen molar-refractivity contribution in [2.75, 3.05) is 0 Å². The lowest BCUT2D eigenvalue weighted by Crippen LogP contribution is -2.22. The second kappa shape index (κ2) is 3.49. The van der Waals surface area contributed by atoms with Crippen LogP contribution in [0.4, 0.5) is 0 Å². The Bertz CT molecular complexity index is 348. The first-order valence-electron chi connectivity index (χ1n) is 4.79. The normalized spacial score (nSPS) is 26.7. The Hall–Kier alpha value is -1.23. The van der Waals surface area contributed by atoms with Crippen LogP contribution in [0.25, 0.3) is 0 Å². The lowest BCUT2D eigenvalue weighted by Gasteiger charge is -2.15. The molecule has 2 unspecified atom stereocenters. The average molecular weight is 195 g/mol. The molecule has 0 bridgehead atoms. The van der Waals surface area contributed by atoms with Gasteiger partial charge in [-0.05, 0) is 19.3 Å². The molecule has 5 heteroatoms. The van der Waals surface area contributed by atoms with Crippen LogP contribution in [0.15, 0.2) is 6.20 Å². The van der Waals surface area contributed by atoms with E-state index in [-0.39, 0.29) is 11.8 Å². The number of nitrogens with zero attached hydrogens (tertiary/aromatic N) is 3. The number of carbonyl (C=O) groups is 1. The van der Waals surface area contributed by atoms with Gasteiger partial charge in [0.1, 0.15) is 5.69 Å². The largest absolute Gasteiger partial charge is 0.391 e.